The van der Waals surface area contributed by atoms with Crippen molar-refractivity contribution >= 4 is 49.7 Å². The molecule has 3 aromatic rings. The Morgan fingerprint density at radius 1 is 0.968 bits per heavy atom. The molecule has 1 aromatic heterocycles. The topological polar surface area (TPSA) is 162 Å². The van der Waals surface area contributed by atoms with Gasteiger partial charge in [-0.3, -0.25) is 30.3 Å². The quantitative estimate of drug-likeness (QED) is 0.318. The Labute approximate surface area is 178 Å². The zero-order valence-electron chi connectivity index (χ0n) is 15.4. The summed E-state index contributed by atoms with van der Waals surface area (Å²) in [5.41, 5.74) is 0.239. The molecule has 0 unspecified atom stereocenters. The zero-order chi connectivity index (χ0) is 22.6. The van der Waals surface area contributed by atoms with E-state index in [1.807, 2.05) is 0 Å². The van der Waals surface area contributed by atoms with E-state index in [2.05, 4.69) is 10.3 Å². The molecule has 2 aromatic carbocycles. The fourth-order valence-electron chi connectivity index (χ4n) is 2.33. The third-order valence-corrected chi connectivity index (χ3v) is 7.01. The summed E-state index contributed by atoms with van der Waals surface area (Å²) in [6.07, 6.45) is 3.69. The molecule has 1 amide bonds. The predicted octanol–water partition coefficient (Wildman–Crippen LogP) is 3.44. The monoisotopic (exact) mass is 460 g/mol. The maximum Gasteiger partial charge on any atom is 0.269 e. The van der Waals surface area contributed by atoms with Gasteiger partial charge in [-0.25, -0.2) is 13.4 Å². The number of anilines is 1. The average Bonchev–Trinajstić information content (AvgIpc) is 3.22. The van der Waals surface area contributed by atoms with Gasteiger partial charge in [-0.1, -0.05) is 11.3 Å². The minimum Gasteiger partial charge on any atom is -0.298 e. The molecular weight excluding hydrogens is 448 g/mol. The highest BCUT2D eigenvalue weighted by atomic mass is 32.2. The van der Waals surface area contributed by atoms with Crippen molar-refractivity contribution in [3.8, 4) is 0 Å². The van der Waals surface area contributed by atoms with Crippen molar-refractivity contribution in [3.63, 3.8) is 0 Å². The first-order valence-corrected chi connectivity index (χ1v) is 10.7. The van der Waals surface area contributed by atoms with Gasteiger partial charge in [0.15, 0.2) is 5.13 Å². The number of hydrogen-bond acceptors (Lipinski definition) is 9. The van der Waals surface area contributed by atoms with Gasteiger partial charge >= 0.3 is 0 Å². The lowest BCUT2D eigenvalue weighted by molar-refractivity contribution is -0.385. The summed E-state index contributed by atoms with van der Waals surface area (Å²) in [7, 11) is -3.95. The Kier molecular flexibility index (Phi) is 6.17. The molecule has 31 heavy (non-hydrogen) atoms. The van der Waals surface area contributed by atoms with Crippen LogP contribution in [0.5, 0.6) is 0 Å². The summed E-state index contributed by atoms with van der Waals surface area (Å²) in [5.74, 6) is -0.577. The van der Waals surface area contributed by atoms with E-state index < -0.39 is 25.6 Å². The van der Waals surface area contributed by atoms with Crippen molar-refractivity contribution in [1.82, 2.24) is 4.98 Å². The van der Waals surface area contributed by atoms with Gasteiger partial charge in [0.2, 0.25) is 15.7 Å². The van der Waals surface area contributed by atoms with E-state index in [0.717, 1.165) is 41.8 Å². The summed E-state index contributed by atoms with van der Waals surface area (Å²) < 4.78 is 25.1. The lowest BCUT2D eigenvalue weighted by Gasteiger charge is -2.00. The van der Waals surface area contributed by atoms with Gasteiger partial charge in [0, 0.05) is 30.3 Å². The zero-order valence-corrected chi connectivity index (χ0v) is 17.0. The Morgan fingerprint density at radius 3 is 2.06 bits per heavy atom. The van der Waals surface area contributed by atoms with Crippen molar-refractivity contribution in [2.24, 2.45) is 0 Å². The number of aromatic nitrogens is 1. The summed E-state index contributed by atoms with van der Waals surface area (Å²) in [4.78, 5) is 35.9. The van der Waals surface area contributed by atoms with Crippen LogP contribution >= 0.6 is 11.3 Å². The van der Waals surface area contributed by atoms with Crippen molar-refractivity contribution in [1.29, 1.82) is 0 Å². The van der Waals surface area contributed by atoms with E-state index in [1.165, 1.54) is 36.4 Å². The van der Waals surface area contributed by atoms with E-state index in [-0.39, 0.29) is 25.6 Å². The standard InChI is InChI=1S/C18H12N4O7S2/c23-16(10-3-12-1-4-13(5-2-12)21(24)25)20-18-19-11-17(30-18)31(28,29)15-8-6-14(7-9-15)22(26)27/h1-11H,(H,19,20,23)/b10-3+. The first-order valence-electron chi connectivity index (χ1n) is 8.36. The summed E-state index contributed by atoms with van der Waals surface area (Å²) in [6, 6.07) is 9.96. The van der Waals surface area contributed by atoms with Gasteiger partial charge in [-0.2, -0.15) is 0 Å². The lowest BCUT2D eigenvalue weighted by atomic mass is 10.2. The molecule has 0 spiro atoms. The summed E-state index contributed by atoms with van der Waals surface area (Å²) >= 11 is 0.727. The van der Waals surface area contributed by atoms with Crippen molar-refractivity contribution < 1.29 is 23.1 Å². The number of carbonyl (C=O) groups is 1. The molecule has 1 N–H and O–H groups in total. The van der Waals surface area contributed by atoms with E-state index in [1.54, 1.807) is 0 Å². The van der Waals surface area contributed by atoms with Crippen LogP contribution in [0.2, 0.25) is 0 Å². The highest BCUT2D eigenvalue weighted by Crippen LogP contribution is 2.29. The number of nitro benzene ring substituents is 2. The minimum absolute atomic E-state index is 0.0406. The highest BCUT2D eigenvalue weighted by molar-refractivity contribution is 7.93. The number of nitrogens with one attached hydrogen (secondary N) is 1. The van der Waals surface area contributed by atoms with Crippen LogP contribution in [0.15, 0.2) is 69.9 Å². The number of hydrogen-bond donors (Lipinski definition) is 1. The first kappa shape index (κ1) is 21.7. The highest BCUT2D eigenvalue weighted by Gasteiger charge is 2.22. The molecule has 0 atom stereocenters. The van der Waals surface area contributed by atoms with Crippen LogP contribution in [-0.2, 0) is 14.6 Å². The molecule has 11 nitrogen and oxygen atoms in total. The van der Waals surface area contributed by atoms with Crippen LogP contribution in [0.25, 0.3) is 6.08 Å². The number of carbonyl (C=O) groups excluding carboxylic acids is 1. The van der Waals surface area contributed by atoms with Crippen LogP contribution in [-0.4, -0.2) is 29.2 Å². The second-order valence-electron chi connectivity index (χ2n) is 5.91. The molecule has 0 aliphatic heterocycles. The number of sulfone groups is 1. The van der Waals surface area contributed by atoms with E-state index >= 15 is 0 Å². The smallest absolute Gasteiger partial charge is 0.269 e. The normalized spacial score (nSPS) is 11.4. The molecule has 158 valence electrons. The fraction of sp³-hybridized carbons (Fsp3) is 0. The fourth-order valence-corrected chi connectivity index (χ4v) is 4.77. The number of non-ortho nitro benzene ring substituents is 2. The molecule has 0 radical (unpaired) electrons. The number of thiazole rings is 1. The Balaban J connectivity index is 1.69. The van der Waals surface area contributed by atoms with Crippen molar-refractivity contribution in [2.45, 2.75) is 9.10 Å². The Bertz CT molecular complexity index is 1280. The number of nitro groups is 2. The SMILES string of the molecule is O=C(/C=C/c1ccc([N+](=O)[O-])cc1)Nc1ncc(S(=O)(=O)c2ccc([N+](=O)[O-])cc2)s1. The van der Waals surface area contributed by atoms with Crippen LogP contribution in [0.3, 0.4) is 0 Å². The molecule has 0 saturated heterocycles. The molecule has 0 aliphatic carbocycles. The third-order valence-electron chi connectivity index (χ3n) is 3.87. The van der Waals surface area contributed by atoms with E-state index in [4.69, 9.17) is 0 Å². The molecule has 1 heterocycles. The van der Waals surface area contributed by atoms with Crippen LogP contribution in [0.1, 0.15) is 5.56 Å². The minimum atomic E-state index is -3.95. The lowest BCUT2D eigenvalue weighted by Crippen LogP contribution is -2.07. The van der Waals surface area contributed by atoms with Gasteiger partial charge in [0.05, 0.1) is 20.9 Å². The molecule has 0 bridgehead atoms. The molecule has 0 saturated carbocycles. The number of benzene rings is 2. The largest absolute Gasteiger partial charge is 0.298 e. The average molecular weight is 460 g/mol. The summed E-state index contributed by atoms with van der Waals surface area (Å²) in [5, 5.41) is 23.8. The maximum absolute atomic E-state index is 12.6. The van der Waals surface area contributed by atoms with Gasteiger partial charge < -0.3 is 0 Å². The Hall–Kier alpha value is -3.97. The van der Waals surface area contributed by atoms with Gasteiger partial charge in [0.1, 0.15) is 4.21 Å². The number of amides is 1. The molecule has 0 aliphatic rings. The van der Waals surface area contributed by atoms with Crippen LogP contribution in [0, 0.1) is 20.2 Å². The second kappa shape index (κ2) is 8.81. The van der Waals surface area contributed by atoms with Gasteiger partial charge in [-0.05, 0) is 35.9 Å². The maximum atomic E-state index is 12.6. The molecule has 3 rings (SSSR count). The molecule has 13 heteroatoms. The van der Waals surface area contributed by atoms with Gasteiger partial charge in [-0.15, -0.1) is 0 Å². The van der Waals surface area contributed by atoms with E-state index in [0.29, 0.717) is 5.56 Å². The van der Waals surface area contributed by atoms with Crippen LogP contribution < -0.4 is 5.32 Å². The van der Waals surface area contributed by atoms with Crippen LogP contribution in [0.4, 0.5) is 16.5 Å². The second-order valence-corrected chi connectivity index (χ2v) is 9.12. The summed E-state index contributed by atoms with van der Waals surface area (Å²) in [6.45, 7) is 0. The van der Waals surface area contributed by atoms with Gasteiger partial charge in [0.25, 0.3) is 11.4 Å². The number of rotatable bonds is 7. The molecular formula is C18H12N4O7S2. The van der Waals surface area contributed by atoms with Crippen molar-refractivity contribution in [3.05, 3.63) is 86.6 Å². The van der Waals surface area contributed by atoms with Crippen molar-refractivity contribution in [2.75, 3.05) is 5.32 Å². The molecule has 0 fully saturated rings. The first-order chi connectivity index (χ1) is 14.7. The van der Waals surface area contributed by atoms with E-state index in [9.17, 15) is 33.4 Å². The predicted molar refractivity (Wildman–Crippen MR) is 111 cm³/mol. The number of nitrogens with zero attached hydrogens (tertiary/aromatic N) is 3. The Morgan fingerprint density at radius 2 is 1.52 bits per heavy atom. The third kappa shape index (κ3) is 5.15.